The average Bonchev–Trinajstić information content (AvgIpc) is 2.95. The number of esters is 1. The van der Waals surface area contributed by atoms with Crippen molar-refractivity contribution in [1.29, 1.82) is 0 Å². The molecule has 24 heavy (non-hydrogen) atoms. The number of hydrogen-bond donors (Lipinski definition) is 0. The van der Waals surface area contributed by atoms with E-state index in [1.807, 2.05) is 31.2 Å². The highest BCUT2D eigenvalue weighted by Gasteiger charge is 2.27. The van der Waals surface area contributed by atoms with E-state index in [1.54, 1.807) is 16.4 Å². The predicted molar refractivity (Wildman–Crippen MR) is 95.3 cm³/mol. The molecule has 3 rings (SSSR count). The zero-order valence-electron chi connectivity index (χ0n) is 13.6. The molecule has 0 saturated carbocycles. The van der Waals surface area contributed by atoms with Crippen molar-refractivity contribution in [1.82, 2.24) is 14.7 Å². The van der Waals surface area contributed by atoms with Crippen LogP contribution in [0, 0.1) is 11.8 Å². The van der Waals surface area contributed by atoms with E-state index in [-0.39, 0.29) is 11.2 Å². The molecule has 128 valence electrons. The Hall–Kier alpha value is -1.64. The Kier molecular flexibility index (Phi) is 5.37. The molecule has 1 aromatic carbocycles. The van der Waals surface area contributed by atoms with Crippen molar-refractivity contribution in [3.8, 4) is 11.5 Å². The van der Waals surface area contributed by atoms with Crippen LogP contribution < -0.4 is 0 Å². The second-order valence-corrected chi connectivity index (χ2v) is 7.30. The van der Waals surface area contributed by atoms with E-state index in [4.69, 9.17) is 21.4 Å². The summed E-state index contributed by atoms with van der Waals surface area (Å²) in [5.74, 6) is 1.19. The molecule has 0 N–H and O–H groups in total. The number of aryl methyl sites for hydroxylation is 1. The summed E-state index contributed by atoms with van der Waals surface area (Å²) in [7, 11) is 1.42. The second-order valence-electron chi connectivity index (χ2n) is 5.64. The summed E-state index contributed by atoms with van der Waals surface area (Å²) in [4.78, 5) is 14.2. The van der Waals surface area contributed by atoms with Gasteiger partial charge in [0.25, 0.3) is 4.84 Å². The monoisotopic (exact) mass is 365 g/mol. The molecule has 2 heterocycles. The number of methoxy groups -OCH3 is 1. The van der Waals surface area contributed by atoms with Crippen molar-refractivity contribution in [3.63, 3.8) is 0 Å². The lowest BCUT2D eigenvalue weighted by atomic mass is 10.1. The van der Waals surface area contributed by atoms with Gasteiger partial charge in [0.15, 0.2) is 0 Å². The Bertz CT molecular complexity index is 770. The van der Waals surface area contributed by atoms with Crippen molar-refractivity contribution in [3.05, 3.63) is 34.7 Å². The summed E-state index contributed by atoms with van der Waals surface area (Å²) in [5, 5.41) is 4.31. The molecule has 0 amide bonds. The number of benzene rings is 1. The molecule has 8 heteroatoms. The molecular weight excluding hydrogens is 346 g/mol. The molecule has 0 bridgehead atoms. The summed E-state index contributed by atoms with van der Waals surface area (Å²) >= 11 is 6.90. The average molecular weight is 365 g/mol. The molecule has 2 aromatic rings. The first-order valence-electron chi connectivity index (χ1n) is 7.63. The van der Waals surface area contributed by atoms with Crippen LogP contribution in [0.2, 0.25) is 0 Å². The summed E-state index contributed by atoms with van der Waals surface area (Å²) in [6.07, 6.45) is 0. The third-order valence-corrected chi connectivity index (χ3v) is 5.31. The van der Waals surface area contributed by atoms with Gasteiger partial charge in [0, 0.05) is 24.4 Å². The van der Waals surface area contributed by atoms with Gasteiger partial charge in [0.1, 0.15) is 5.25 Å². The number of rotatable bonds is 4. The van der Waals surface area contributed by atoms with Crippen molar-refractivity contribution in [2.45, 2.75) is 18.8 Å². The van der Waals surface area contributed by atoms with Gasteiger partial charge in [-0.1, -0.05) is 17.7 Å². The van der Waals surface area contributed by atoms with E-state index >= 15 is 0 Å². The Morgan fingerprint density at radius 1 is 1.46 bits per heavy atom. The highest BCUT2D eigenvalue weighted by atomic mass is 32.2. The smallest absolute Gasteiger partial charge is 0.320 e. The van der Waals surface area contributed by atoms with E-state index in [0.717, 1.165) is 17.9 Å². The van der Waals surface area contributed by atoms with Crippen molar-refractivity contribution < 1.29 is 13.9 Å². The fourth-order valence-corrected chi connectivity index (χ4v) is 3.88. The van der Waals surface area contributed by atoms with Crippen LogP contribution >= 0.6 is 24.0 Å². The first-order valence-corrected chi connectivity index (χ1v) is 9.09. The molecule has 1 fully saturated rings. The molecule has 1 aliphatic heterocycles. The van der Waals surface area contributed by atoms with Crippen LogP contribution in [0.4, 0.5) is 0 Å². The minimum absolute atomic E-state index is 0.165. The first kappa shape index (κ1) is 17.2. The van der Waals surface area contributed by atoms with Crippen LogP contribution in [0.15, 0.2) is 28.7 Å². The first-order chi connectivity index (χ1) is 11.6. The summed E-state index contributed by atoms with van der Waals surface area (Å²) in [6.45, 7) is 4.02. The van der Waals surface area contributed by atoms with Gasteiger partial charge in [0.2, 0.25) is 5.89 Å². The van der Waals surface area contributed by atoms with E-state index < -0.39 is 0 Å². The minimum Gasteiger partial charge on any atom is -0.468 e. The molecule has 1 saturated heterocycles. The van der Waals surface area contributed by atoms with E-state index in [2.05, 4.69) is 10.00 Å². The van der Waals surface area contributed by atoms with Gasteiger partial charge in [0.05, 0.1) is 13.8 Å². The molecule has 0 aliphatic carbocycles. The number of thioether (sulfide) groups is 1. The topological polar surface area (TPSA) is 60.5 Å². The SMILES string of the molecule is COC(=O)[C@H]1CN(Cn2nc(-c3ccc(C)cc3)oc2=S)CCS1. The summed E-state index contributed by atoms with van der Waals surface area (Å²) in [6, 6.07) is 7.95. The number of carbonyl (C=O) groups excluding carboxylic acids is 1. The van der Waals surface area contributed by atoms with Crippen LogP contribution in [-0.2, 0) is 16.2 Å². The Balaban J connectivity index is 1.73. The van der Waals surface area contributed by atoms with Crippen molar-refractivity contribution in [2.24, 2.45) is 0 Å². The zero-order chi connectivity index (χ0) is 17.1. The van der Waals surface area contributed by atoms with Crippen LogP contribution in [0.1, 0.15) is 5.56 Å². The molecule has 0 spiro atoms. The van der Waals surface area contributed by atoms with Gasteiger partial charge >= 0.3 is 5.97 Å². The predicted octanol–water partition coefficient (Wildman–Crippen LogP) is 2.73. The van der Waals surface area contributed by atoms with Crippen molar-refractivity contribution >= 4 is 29.9 Å². The number of nitrogens with zero attached hydrogens (tertiary/aromatic N) is 3. The largest absolute Gasteiger partial charge is 0.468 e. The van der Waals surface area contributed by atoms with Crippen LogP contribution in [0.3, 0.4) is 0 Å². The zero-order valence-corrected chi connectivity index (χ0v) is 15.2. The van der Waals surface area contributed by atoms with Crippen molar-refractivity contribution in [2.75, 3.05) is 26.0 Å². The maximum atomic E-state index is 11.7. The molecule has 1 aliphatic rings. The van der Waals surface area contributed by atoms with Gasteiger partial charge in [-0.15, -0.1) is 16.9 Å². The maximum Gasteiger partial charge on any atom is 0.320 e. The summed E-state index contributed by atoms with van der Waals surface area (Å²) < 4.78 is 12.1. The molecule has 0 radical (unpaired) electrons. The normalized spacial score (nSPS) is 18.5. The van der Waals surface area contributed by atoms with Gasteiger partial charge < -0.3 is 9.15 Å². The highest BCUT2D eigenvalue weighted by Crippen LogP contribution is 2.22. The lowest BCUT2D eigenvalue weighted by Crippen LogP contribution is -2.42. The standard InChI is InChI=1S/C16H19N3O3S2/c1-11-3-5-12(6-4-11)14-17-19(16(23)22-14)10-18-7-8-24-13(9-18)15(20)21-2/h3-6,13H,7-10H2,1-2H3/t13-/m1/s1. The Morgan fingerprint density at radius 2 is 2.21 bits per heavy atom. The summed E-state index contributed by atoms with van der Waals surface area (Å²) in [5.41, 5.74) is 2.07. The fourth-order valence-electron chi connectivity index (χ4n) is 2.50. The van der Waals surface area contributed by atoms with Gasteiger partial charge in [-0.05, 0) is 31.3 Å². The third-order valence-electron chi connectivity index (χ3n) is 3.85. The maximum absolute atomic E-state index is 11.7. The molecule has 1 atom stereocenters. The van der Waals surface area contributed by atoms with E-state index in [1.165, 1.54) is 12.7 Å². The van der Waals surface area contributed by atoms with E-state index in [9.17, 15) is 4.79 Å². The number of hydrogen-bond acceptors (Lipinski definition) is 7. The minimum atomic E-state index is -0.186. The van der Waals surface area contributed by atoms with Crippen LogP contribution in [-0.4, -0.2) is 51.9 Å². The van der Waals surface area contributed by atoms with Gasteiger partial charge in [-0.3, -0.25) is 9.69 Å². The van der Waals surface area contributed by atoms with Crippen LogP contribution in [0.25, 0.3) is 11.5 Å². The Labute approximate surface area is 149 Å². The molecule has 6 nitrogen and oxygen atoms in total. The lowest BCUT2D eigenvalue weighted by Gasteiger charge is -2.30. The second kappa shape index (κ2) is 7.50. The fraction of sp³-hybridized carbons (Fsp3) is 0.438. The van der Waals surface area contributed by atoms with E-state index in [0.29, 0.717) is 23.9 Å². The van der Waals surface area contributed by atoms with Crippen LogP contribution in [0.5, 0.6) is 0 Å². The molecule has 0 unspecified atom stereocenters. The number of ether oxygens (including phenoxy) is 1. The van der Waals surface area contributed by atoms with Gasteiger partial charge in [-0.25, -0.2) is 4.68 Å². The Morgan fingerprint density at radius 3 is 2.92 bits per heavy atom. The highest BCUT2D eigenvalue weighted by molar-refractivity contribution is 8.00. The van der Waals surface area contributed by atoms with Gasteiger partial charge in [-0.2, -0.15) is 0 Å². The third kappa shape index (κ3) is 3.88. The number of aromatic nitrogens is 2. The molecule has 1 aromatic heterocycles. The lowest BCUT2D eigenvalue weighted by molar-refractivity contribution is -0.140. The number of carbonyl (C=O) groups is 1. The molecular formula is C16H19N3O3S2. The quantitative estimate of drug-likeness (QED) is 0.610.